The van der Waals surface area contributed by atoms with E-state index in [-0.39, 0.29) is 0 Å². The molecular weight excluding hydrogens is 102 g/mol. The highest BCUT2D eigenvalue weighted by Gasteiger charge is 1.87. The monoisotopic (exact) mass is 107 g/mol. The molecule has 0 aliphatic carbocycles. The second-order valence-electron chi connectivity index (χ2n) is 1.62. The van der Waals surface area contributed by atoms with Crippen LogP contribution in [0.5, 0.6) is 0 Å². The molecule has 0 bridgehead atoms. The summed E-state index contributed by atoms with van der Waals surface area (Å²) in [5.41, 5.74) is 1.03. The molecule has 0 aromatic carbocycles. The first-order chi connectivity index (χ1) is 3.97. The van der Waals surface area contributed by atoms with E-state index in [2.05, 4.69) is 10.1 Å². The summed E-state index contributed by atoms with van der Waals surface area (Å²) in [5.74, 6) is 0. The average Bonchev–Trinajstić information content (AvgIpc) is 2.15. The average molecular weight is 107 g/mol. The van der Waals surface area contributed by atoms with Crippen molar-refractivity contribution in [2.75, 3.05) is 0 Å². The molecule has 0 aliphatic rings. The number of nitrogens with one attached hydrogen (secondary N) is 1. The summed E-state index contributed by atoms with van der Waals surface area (Å²) in [4.78, 5) is 3.00. The molecule has 2 rings (SSSR count). The minimum atomic E-state index is 1.03. The standard InChI is InChI=1S/C5H5N3/c1-2-7-8-4-3-6-5(1)8/h1-4,6H. The fourth-order valence-electron chi connectivity index (χ4n) is 0.741. The van der Waals surface area contributed by atoms with E-state index in [1.165, 1.54) is 0 Å². The lowest BCUT2D eigenvalue weighted by Crippen LogP contribution is -1.75. The lowest BCUT2D eigenvalue weighted by Gasteiger charge is -1.72. The van der Waals surface area contributed by atoms with Crippen LogP contribution in [0.3, 0.4) is 0 Å². The minimum Gasteiger partial charge on any atom is -0.345 e. The van der Waals surface area contributed by atoms with E-state index in [1.54, 1.807) is 10.7 Å². The largest absolute Gasteiger partial charge is 0.345 e. The fraction of sp³-hybridized carbons (Fsp3) is 0. The number of aromatic nitrogens is 3. The molecule has 0 unspecified atom stereocenters. The summed E-state index contributed by atoms with van der Waals surface area (Å²) >= 11 is 0. The quantitative estimate of drug-likeness (QED) is 0.527. The second-order valence-corrected chi connectivity index (χ2v) is 1.62. The molecule has 3 nitrogen and oxygen atoms in total. The van der Waals surface area contributed by atoms with Crippen molar-refractivity contribution in [2.45, 2.75) is 0 Å². The zero-order valence-electron chi connectivity index (χ0n) is 4.20. The van der Waals surface area contributed by atoms with E-state index < -0.39 is 0 Å². The molecule has 2 heterocycles. The van der Waals surface area contributed by atoms with Crippen LogP contribution < -0.4 is 0 Å². The van der Waals surface area contributed by atoms with E-state index in [0.717, 1.165) is 5.65 Å². The van der Waals surface area contributed by atoms with Gasteiger partial charge in [-0.3, -0.25) is 0 Å². The molecule has 1 N–H and O–H groups in total. The van der Waals surface area contributed by atoms with E-state index in [0.29, 0.717) is 0 Å². The molecule has 0 saturated heterocycles. The first kappa shape index (κ1) is 3.72. The number of aromatic amines is 1. The van der Waals surface area contributed by atoms with Crippen LogP contribution in [0.1, 0.15) is 0 Å². The van der Waals surface area contributed by atoms with Gasteiger partial charge in [0.15, 0.2) is 0 Å². The Morgan fingerprint density at radius 1 is 1.62 bits per heavy atom. The molecule has 0 saturated carbocycles. The number of hydrogen-bond acceptors (Lipinski definition) is 1. The fourth-order valence-corrected chi connectivity index (χ4v) is 0.741. The first-order valence-corrected chi connectivity index (χ1v) is 2.43. The van der Waals surface area contributed by atoms with Gasteiger partial charge in [-0.05, 0) is 0 Å². The predicted octanol–water partition coefficient (Wildman–Crippen LogP) is 0.662. The summed E-state index contributed by atoms with van der Waals surface area (Å²) in [6.45, 7) is 0. The highest BCUT2D eigenvalue weighted by atomic mass is 15.2. The molecule has 0 fully saturated rings. The van der Waals surface area contributed by atoms with Crippen LogP contribution in [0.2, 0.25) is 0 Å². The van der Waals surface area contributed by atoms with Crippen LogP contribution in [0.15, 0.2) is 24.7 Å². The number of fused-ring (bicyclic) bond motifs is 1. The van der Waals surface area contributed by atoms with Gasteiger partial charge in [0.1, 0.15) is 5.65 Å². The van der Waals surface area contributed by atoms with Gasteiger partial charge in [0.25, 0.3) is 0 Å². The maximum atomic E-state index is 3.96. The van der Waals surface area contributed by atoms with Gasteiger partial charge in [-0.25, -0.2) is 4.52 Å². The van der Waals surface area contributed by atoms with Crippen molar-refractivity contribution < 1.29 is 0 Å². The predicted molar refractivity (Wildman–Crippen MR) is 29.5 cm³/mol. The summed E-state index contributed by atoms with van der Waals surface area (Å²) in [5, 5.41) is 3.96. The molecule has 0 radical (unpaired) electrons. The van der Waals surface area contributed by atoms with Gasteiger partial charge in [-0.1, -0.05) is 0 Å². The normalized spacial score (nSPS) is 10.5. The molecule has 8 heavy (non-hydrogen) atoms. The van der Waals surface area contributed by atoms with Gasteiger partial charge < -0.3 is 4.98 Å². The Bertz CT molecular complexity index is 229. The van der Waals surface area contributed by atoms with Crippen molar-refractivity contribution >= 4 is 5.65 Å². The topological polar surface area (TPSA) is 33.1 Å². The van der Waals surface area contributed by atoms with Crippen molar-refractivity contribution in [3.8, 4) is 0 Å². The summed E-state index contributed by atoms with van der Waals surface area (Å²) in [6, 6.07) is 1.92. The Morgan fingerprint density at radius 2 is 2.62 bits per heavy atom. The van der Waals surface area contributed by atoms with Crippen molar-refractivity contribution in [2.24, 2.45) is 0 Å². The van der Waals surface area contributed by atoms with E-state index >= 15 is 0 Å². The van der Waals surface area contributed by atoms with Crippen molar-refractivity contribution in [3.63, 3.8) is 0 Å². The van der Waals surface area contributed by atoms with E-state index in [4.69, 9.17) is 0 Å². The molecule has 0 atom stereocenters. The first-order valence-electron chi connectivity index (χ1n) is 2.43. The molecule has 3 heteroatoms. The SMILES string of the molecule is c1cc2[nH]ccn2n1. The second kappa shape index (κ2) is 1.12. The van der Waals surface area contributed by atoms with Crippen LogP contribution in [0, 0.1) is 0 Å². The van der Waals surface area contributed by atoms with Crippen LogP contribution >= 0.6 is 0 Å². The number of nitrogens with zero attached hydrogens (tertiary/aromatic N) is 2. The third-order valence-corrected chi connectivity index (χ3v) is 1.12. The molecule has 2 aromatic rings. The molecule has 0 spiro atoms. The van der Waals surface area contributed by atoms with Gasteiger partial charge in [-0.15, -0.1) is 0 Å². The molecule has 0 amide bonds. The summed E-state index contributed by atoms with van der Waals surface area (Å²) in [6.07, 6.45) is 5.48. The Kier molecular flexibility index (Phi) is 0.521. The number of imidazole rings is 1. The lowest BCUT2D eigenvalue weighted by molar-refractivity contribution is 0.973. The third-order valence-electron chi connectivity index (χ3n) is 1.12. The van der Waals surface area contributed by atoms with Gasteiger partial charge >= 0.3 is 0 Å². The molecule has 40 valence electrons. The molecular formula is C5H5N3. The van der Waals surface area contributed by atoms with Crippen molar-refractivity contribution in [1.82, 2.24) is 14.6 Å². The maximum absolute atomic E-state index is 3.96. The van der Waals surface area contributed by atoms with Crippen molar-refractivity contribution in [3.05, 3.63) is 24.7 Å². The Morgan fingerprint density at radius 3 is 3.50 bits per heavy atom. The molecule has 0 aliphatic heterocycles. The van der Waals surface area contributed by atoms with Crippen molar-refractivity contribution in [1.29, 1.82) is 0 Å². The van der Waals surface area contributed by atoms with Gasteiger partial charge in [0, 0.05) is 18.5 Å². The summed E-state index contributed by atoms with van der Waals surface area (Å²) in [7, 11) is 0. The number of hydrogen-bond donors (Lipinski definition) is 1. The highest BCUT2D eigenvalue weighted by Crippen LogP contribution is 1.93. The Hall–Kier alpha value is -1.25. The van der Waals surface area contributed by atoms with Gasteiger partial charge in [0.2, 0.25) is 0 Å². The van der Waals surface area contributed by atoms with Gasteiger partial charge in [-0.2, -0.15) is 5.10 Å². The summed E-state index contributed by atoms with van der Waals surface area (Å²) < 4.78 is 1.78. The highest BCUT2D eigenvalue weighted by molar-refractivity contribution is 5.34. The number of H-pyrrole nitrogens is 1. The zero-order chi connectivity index (χ0) is 5.40. The maximum Gasteiger partial charge on any atom is 0.133 e. The molecule has 2 aromatic heterocycles. The van der Waals surface area contributed by atoms with E-state index in [9.17, 15) is 0 Å². The van der Waals surface area contributed by atoms with Crippen LogP contribution in [-0.4, -0.2) is 14.6 Å². The zero-order valence-corrected chi connectivity index (χ0v) is 4.20. The smallest absolute Gasteiger partial charge is 0.133 e. The minimum absolute atomic E-state index is 1.03. The van der Waals surface area contributed by atoms with E-state index in [1.807, 2.05) is 18.5 Å². The van der Waals surface area contributed by atoms with Crippen LogP contribution in [-0.2, 0) is 0 Å². The Labute approximate surface area is 45.9 Å². The lowest BCUT2D eigenvalue weighted by atomic mass is 10.7. The third kappa shape index (κ3) is 0.307. The van der Waals surface area contributed by atoms with Gasteiger partial charge in [0.05, 0.1) is 6.20 Å². The van der Waals surface area contributed by atoms with Crippen LogP contribution in [0.25, 0.3) is 5.65 Å². The van der Waals surface area contributed by atoms with Crippen LogP contribution in [0.4, 0.5) is 0 Å². The Balaban J connectivity index is 3.06. The number of rotatable bonds is 0.